The molecule has 1 N–H and O–H groups in total. The van der Waals surface area contributed by atoms with Crippen molar-refractivity contribution in [2.75, 3.05) is 32.9 Å². The predicted molar refractivity (Wildman–Crippen MR) is 96.9 cm³/mol. The SMILES string of the molecule is Cl.FCC[C@@H](c1cccc(-c2ccccc2)c1)N1CCNCC1. The Balaban J connectivity index is 0.00000192. The molecule has 2 aromatic rings. The standard InChI is InChI=1S/C19H23FN2.ClH/c20-10-9-19(22-13-11-21-12-14-22)18-8-4-7-17(15-18)16-5-2-1-3-6-16;/h1-8,15,19,21H,9-14H2;1H/t19-;/m0./s1. The van der Waals surface area contributed by atoms with Crippen LogP contribution in [0.15, 0.2) is 54.6 Å². The van der Waals surface area contributed by atoms with E-state index in [4.69, 9.17) is 0 Å². The van der Waals surface area contributed by atoms with Crippen molar-refractivity contribution >= 4 is 12.4 Å². The van der Waals surface area contributed by atoms with Crippen molar-refractivity contribution in [1.29, 1.82) is 0 Å². The van der Waals surface area contributed by atoms with Crippen LogP contribution in [0.1, 0.15) is 18.0 Å². The molecule has 4 heteroatoms. The van der Waals surface area contributed by atoms with E-state index in [0.29, 0.717) is 6.42 Å². The van der Waals surface area contributed by atoms with E-state index in [-0.39, 0.29) is 25.1 Å². The van der Waals surface area contributed by atoms with E-state index in [9.17, 15) is 4.39 Å². The van der Waals surface area contributed by atoms with Gasteiger partial charge in [0.05, 0.1) is 6.67 Å². The van der Waals surface area contributed by atoms with Crippen LogP contribution in [-0.4, -0.2) is 37.8 Å². The molecule has 0 bridgehead atoms. The molecule has 1 aliphatic rings. The van der Waals surface area contributed by atoms with Crippen LogP contribution in [0.4, 0.5) is 4.39 Å². The van der Waals surface area contributed by atoms with E-state index < -0.39 is 0 Å². The van der Waals surface area contributed by atoms with Gasteiger partial charge in [0.2, 0.25) is 0 Å². The molecular weight excluding hydrogens is 311 g/mol. The van der Waals surface area contributed by atoms with E-state index in [1.807, 2.05) is 6.07 Å². The van der Waals surface area contributed by atoms with Gasteiger partial charge in [0.1, 0.15) is 0 Å². The van der Waals surface area contributed by atoms with Gasteiger partial charge < -0.3 is 5.32 Å². The highest BCUT2D eigenvalue weighted by Crippen LogP contribution is 2.29. The van der Waals surface area contributed by atoms with Crippen LogP contribution in [0.2, 0.25) is 0 Å². The second-order valence-electron chi connectivity index (χ2n) is 5.77. The van der Waals surface area contributed by atoms with Crippen molar-refractivity contribution < 1.29 is 4.39 Å². The van der Waals surface area contributed by atoms with E-state index in [2.05, 4.69) is 58.7 Å². The van der Waals surface area contributed by atoms with Gasteiger partial charge in [0, 0.05) is 32.2 Å². The molecule has 0 radical (unpaired) electrons. The van der Waals surface area contributed by atoms with Crippen molar-refractivity contribution in [2.45, 2.75) is 12.5 Å². The molecule has 0 aliphatic carbocycles. The quantitative estimate of drug-likeness (QED) is 0.886. The largest absolute Gasteiger partial charge is 0.314 e. The number of benzene rings is 2. The van der Waals surface area contributed by atoms with Gasteiger partial charge in [-0.05, 0) is 29.2 Å². The summed E-state index contributed by atoms with van der Waals surface area (Å²) in [5.74, 6) is 0. The smallest absolute Gasteiger partial charge is 0.0912 e. The third-order valence-electron chi connectivity index (χ3n) is 4.35. The lowest BCUT2D eigenvalue weighted by Gasteiger charge is -2.35. The summed E-state index contributed by atoms with van der Waals surface area (Å²) in [5, 5.41) is 3.36. The molecule has 1 fully saturated rings. The summed E-state index contributed by atoms with van der Waals surface area (Å²) in [4.78, 5) is 2.40. The monoisotopic (exact) mass is 334 g/mol. The Hall–Kier alpha value is -1.42. The molecule has 2 nitrogen and oxygen atoms in total. The maximum absolute atomic E-state index is 13.1. The number of halogens is 2. The molecule has 1 saturated heterocycles. The third kappa shape index (κ3) is 4.54. The van der Waals surface area contributed by atoms with Gasteiger partial charge in [-0.25, -0.2) is 0 Å². The topological polar surface area (TPSA) is 15.3 Å². The molecule has 0 saturated carbocycles. The maximum atomic E-state index is 13.1. The lowest BCUT2D eigenvalue weighted by molar-refractivity contribution is 0.157. The number of hydrogen-bond acceptors (Lipinski definition) is 2. The van der Waals surface area contributed by atoms with Gasteiger partial charge >= 0.3 is 0 Å². The zero-order valence-electron chi connectivity index (χ0n) is 13.2. The van der Waals surface area contributed by atoms with Crippen LogP contribution < -0.4 is 5.32 Å². The van der Waals surface area contributed by atoms with Crippen LogP contribution in [0.3, 0.4) is 0 Å². The summed E-state index contributed by atoms with van der Waals surface area (Å²) in [6.45, 7) is 3.67. The number of nitrogens with zero attached hydrogens (tertiary/aromatic N) is 1. The molecule has 1 heterocycles. The Bertz CT molecular complexity index is 585. The summed E-state index contributed by atoms with van der Waals surface area (Å²) >= 11 is 0. The van der Waals surface area contributed by atoms with E-state index >= 15 is 0 Å². The number of rotatable bonds is 5. The molecule has 0 aromatic heterocycles. The molecule has 23 heavy (non-hydrogen) atoms. The van der Waals surface area contributed by atoms with Crippen molar-refractivity contribution in [3.63, 3.8) is 0 Å². The molecule has 3 rings (SSSR count). The zero-order valence-corrected chi connectivity index (χ0v) is 14.1. The molecule has 1 aliphatic heterocycles. The summed E-state index contributed by atoms with van der Waals surface area (Å²) in [6, 6.07) is 19.1. The number of alkyl halides is 1. The number of hydrogen-bond donors (Lipinski definition) is 1. The summed E-state index contributed by atoms with van der Waals surface area (Å²) in [7, 11) is 0. The second-order valence-corrected chi connectivity index (χ2v) is 5.77. The summed E-state index contributed by atoms with van der Waals surface area (Å²) in [5.41, 5.74) is 3.64. The van der Waals surface area contributed by atoms with Crippen LogP contribution in [0, 0.1) is 0 Å². The second kappa shape index (κ2) is 9.02. The first-order chi connectivity index (χ1) is 10.9. The fraction of sp³-hybridized carbons (Fsp3) is 0.368. The molecule has 124 valence electrons. The highest BCUT2D eigenvalue weighted by Gasteiger charge is 2.22. The predicted octanol–water partition coefficient (Wildman–Crippen LogP) is 4.08. The zero-order chi connectivity index (χ0) is 15.2. The summed E-state index contributed by atoms with van der Waals surface area (Å²) < 4.78 is 13.1. The Morgan fingerprint density at radius 3 is 2.35 bits per heavy atom. The maximum Gasteiger partial charge on any atom is 0.0912 e. The average Bonchev–Trinajstić information content (AvgIpc) is 2.61. The van der Waals surface area contributed by atoms with Gasteiger partial charge in [-0.2, -0.15) is 0 Å². The molecule has 0 amide bonds. The lowest BCUT2D eigenvalue weighted by Crippen LogP contribution is -2.45. The van der Waals surface area contributed by atoms with Gasteiger partial charge in [-0.15, -0.1) is 12.4 Å². The number of piperazine rings is 1. The van der Waals surface area contributed by atoms with Crippen molar-refractivity contribution in [3.8, 4) is 11.1 Å². The Labute approximate surface area is 144 Å². The van der Waals surface area contributed by atoms with Gasteiger partial charge in [-0.3, -0.25) is 9.29 Å². The minimum atomic E-state index is -0.274. The van der Waals surface area contributed by atoms with E-state index in [1.165, 1.54) is 16.7 Å². The molecule has 1 atom stereocenters. The summed E-state index contributed by atoms with van der Waals surface area (Å²) in [6.07, 6.45) is 0.568. The van der Waals surface area contributed by atoms with Crippen LogP contribution in [0.25, 0.3) is 11.1 Å². The first-order valence-electron chi connectivity index (χ1n) is 8.04. The molecule has 0 spiro atoms. The van der Waals surface area contributed by atoms with Crippen LogP contribution in [-0.2, 0) is 0 Å². The normalized spacial score (nSPS) is 16.6. The molecule has 2 aromatic carbocycles. The van der Waals surface area contributed by atoms with E-state index in [1.54, 1.807) is 0 Å². The van der Waals surface area contributed by atoms with Crippen LogP contribution >= 0.6 is 12.4 Å². The fourth-order valence-corrected chi connectivity index (χ4v) is 3.21. The highest BCUT2D eigenvalue weighted by atomic mass is 35.5. The first kappa shape index (κ1) is 17.9. The van der Waals surface area contributed by atoms with Crippen LogP contribution in [0.5, 0.6) is 0 Å². The Kier molecular flexibility index (Phi) is 7.03. The van der Waals surface area contributed by atoms with Crippen molar-refractivity contribution in [3.05, 3.63) is 60.2 Å². The van der Waals surface area contributed by atoms with Gasteiger partial charge in [-0.1, -0.05) is 48.5 Å². The lowest BCUT2D eigenvalue weighted by atomic mass is 9.96. The van der Waals surface area contributed by atoms with E-state index in [0.717, 1.165) is 26.2 Å². The fourth-order valence-electron chi connectivity index (χ4n) is 3.21. The third-order valence-corrected chi connectivity index (χ3v) is 4.35. The minimum absolute atomic E-state index is 0. The van der Waals surface area contributed by atoms with Gasteiger partial charge in [0.15, 0.2) is 0 Å². The van der Waals surface area contributed by atoms with Crippen molar-refractivity contribution in [2.24, 2.45) is 0 Å². The first-order valence-corrected chi connectivity index (χ1v) is 8.04. The highest BCUT2D eigenvalue weighted by molar-refractivity contribution is 5.85. The van der Waals surface area contributed by atoms with Gasteiger partial charge in [0.25, 0.3) is 0 Å². The van der Waals surface area contributed by atoms with Crippen molar-refractivity contribution in [1.82, 2.24) is 10.2 Å². The Morgan fingerprint density at radius 2 is 1.65 bits per heavy atom. The molecule has 0 unspecified atom stereocenters. The average molecular weight is 335 g/mol. The number of nitrogens with one attached hydrogen (secondary N) is 1. The Morgan fingerprint density at radius 1 is 0.957 bits per heavy atom. The molecular formula is C19H24ClFN2. The minimum Gasteiger partial charge on any atom is -0.314 e.